The van der Waals surface area contributed by atoms with Gasteiger partial charge in [0.2, 0.25) is 0 Å². The first-order chi connectivity index (χ1) is 24.1. The lowest BCUT2D eigenvalue weighted by atomic mass is 9.77. The van der Waals surface area contributed by atoms with Gasteiger partial charge in [-0.05, 0) is 82.9 Å². The number of ether oxygens (including phenoxy) is 1. The number of fused-ring (bicyclic) bond motifs is 1. The highest BCUT2D eigenvalue weighted by Gasteiger charge is 2.40. The van der Waals surface area contributed by atoms with Crippen LogP contribution in [0.2, 0.25) is 0 Å². The van der Waals surface area contributed by atoms with Gasteiger partial charge in [-0.1, -0.05) is 97.1 Å². The van der Waals surface area contributed by atoms with Gasteiger partial charge in [-0.25, -0.2) is 14.4 Å². The summed E-state index contributed by atoms with van der Waals surface area (Å²) >= 11 is 0. The second-order valence-corrected chi connectivity index (χ2v) is 11.8. The van der Waals surface area contributed by atoms with Gasteiger partial charge in [0.1, 0.15) is 29.1 Å². The predicted molar refractivity (Wildman–Crippen MR) is 193 cm³/mol. The average Bonchev–Trinajstić information content (AvgIpc) is 3.62. The summed E-state index contributed by atoms with van der Waals surface area (Å²) in [4.78, 5) is 9.30. The fourth-order valence-corrected chi connectivity index (χ4v) is 6.72. The standard InChI is InChI=1S/C43H31FN4O/c1-49-37-24-19-30(20-25-37)41-38-27-32(21-26-40(38)45-29-46-41)39-28-48(47-42(39)31-17-22-36(44)23-18-31)43(33-11-5-2-6-12-33,34-13-7-3-8-14-34)35-15-9-4-10-16-35/h2-29H,1H3. The Labute approximate surface area is 284 Å². The molecule has 49 heavy (non-hydrogen) atoms. The highest BCUT2D eigenvalue weighted by Crippen LogP contribution is 2.43. The number of hydrogen-bond acceptors (Lipinski definition) is 4. The third kappa shape index (κ3) is 5.33. The smallest absolute Gasteiger partial charge is 0.138 e. The molecule has 0 saturated carbocycles. The summed E-state index contributed by atoms with van der Waals surface area (Å²) in [6.07, 6.45) is 3.71. The van der Waals surface area contributed by atoms with Gasteiger partial charge in [0, 0.05) is 28.3 Å². The van der Waals surface area contributed by atoms with Gasteiger partial charge in [-0.2, -0.15) is 5.10 Å². The molecule has 0 amide bonds. The molecule has 0 bridgehead atoms. The first-order valence-electron chi connectivity index (χ1n) is 16.1. The van der Waals surface area contributed by atoms with E-state index in [9.17, 15) is 4.39 Å². The number of aromatic nitrogens is 4. The van der Waals surface area contributed by atoms with Crippen molar-refractivity contribution in [3.8, 4) is 39.4 Å². The fraction of sp³-hybridized carbons (Fsp3) is 0.0465. The average molecular weight is 639 g/mol. The molecule has 6 aromatic carbocycles. The second-order valence-electron chi connectivity index (χ2n) is 11.8. The minimum atomic E-state index is -0.828. The first-order valence-corrected chi connectivity index (χ1v) is 16.1. The van der Waals surface area contributed by atoms with Crippen LogP contribution in [0.4, 0.5) is 4.39 Å². The summed E-state index contributed by atoms with van der Waals surface area (Å²) in [6.45, 7) is 0. The molecule has 0 radical (unpaired) electrons. The summed E-state index contributed by atoms with van der Waals surface area (Å²) in [5.41, 5.74) is 8.30. The highest BCUT2D eigenvalue weighted by molar-refractivity contribution is 5.96. The number of hydrogen-bond donors (Lipinski definition) is 0. The van der Waals surface area contributed by atoms with Gasteiger partial charge in [-0.3, -0.25) is 4.68 Å². The van der Waals surface area contributed by atoms with Crippen LogP contribution in [0.15, 0.2) is 170 Å². The molecule has 0 atom stereocenters. The molecule has 2 heterocycles. The molecular weight excluding hydrogens is 607 g/mol. The molecule has 0 fully saturated rings. The largest absolute Gasteiger partial charge is 0.497 e. The minimum absolute atomic E-state index is 0.302. The second kappa shape index (κ2) is 12.7. The lowest BCUT2D eigenvalue weighted by Crippen LogP contribution is -2.38. The van der Waals surface area contributed by atoms with Crippen molar-refractivity contribution in [1.82, 2.24) is 19.7 Å². The molecule has 5 nitrogen and oxygen atoms in total. The Kier molecular flexibility index (Phi) is 7.74. The van der Waals surface area contributed by atoms with Gasteiger partial charge in [0.05, 0.1) is 18.3 Å². The zero-order chi connectivity index (χ0) is 33.2. The summed E-state index contributed by atoms with van der Waals surface area (Å²) < 4.78 is 21.7. The molecule has 0 N–H and O–H groups in total. The number of halogens is 1. The van der Waals surface area contributed by atoms with Crippen molar-refractivity contribution < 1.29 is 9.13 Å². The normalized spacial score (nSPS) is 11.5. The maximum absolute atomic E-state index is 14.3. The molecule has 0 spiro atoms. The maximum Gasteiger partial charge on any atom is 0.138 e. The molecular formula is C43H31FN4O. The van der Waals surface area contributed by atoms with Crippen molar-refractivity contribution in [3.05, 3.63) is 193 Å². The quantitative estimate of drug-likeness (QED) is 0.156. The summed E-state index contributed by atoms with van der Waals surface area (Å²) in [7, 11) is 1.66. The van der Waals surface area contributed by atoms with Crippen LogP contribution in [0.25, 0.3) is 44.5 Å². The van der Waals surface area contributed by atoms with E-state index in [0.29, 0.717) is 0 Å². The van der Waals surface area contributed by atoms with E-state index in [-0.39, 0.29) is 5.82 Å². The van der Waals surface area contributed by atoms with E-state index in [1.54, 1.807) is 25.6 Å². The van der Waals surface area contributed by atoms with Crippen molar-refractivity contribution in [2.75, 3.05) is 7.11 Å². The summed E-state index contributed by atoms with van der Waals surface area (Å²) in [6, 6.07) is 51.9. The lowest BCUT2D eigenvalue weighted by molar-refractivity contribution is 0.415. The molecule has 0 saturated heterocycles. The number of benzene rings is 6. The molecule has 0 unspecified atom stereocenters. The van der Waals surface area contributed by atoms with Crippen molar-refractivity contribution in [3.63, 3.8) is 0 Å². The van der Waals surface area contributed by atoms with Crippen LogP contribution < -0.4 is 4.74 Å². The molecule has 0 aliphatic heterocycles. The zero-order valence-electron chi connectivity index (χ0n) is 26.7. The molecule has 8 rings (SSSR count). The molecule has 236 valence electrons. The van der Waals surface area contributed by atoms with E-state index in [1.165, 1.54) is 12.1 Å². The van der Waals surface area contributed by atoms with E-state index in [4.69, 9.17) is 14.8 Å². The molecule has 0 aliphatic rings. The number of methoxy groups -OCH3 is 1. The van der Waals surface area contributed by atoms with Crippen LogP contribution >= 0.6 is 0 Å². The van der Waals surface area contributed by atoms with E-state index < -0.39 is 5.54 Å². The highest BCUT2D eigenvalue weighted by atomic mass is 19.1. The van der Waals surface area contributed by atoms with Gasteiger partial charge in [-0.15, -0.1) is 0 Å². The summed E-state index contributed by atoms with van der Waals surface area (Å²) in [5.74, 6) is 0.474. The fourth-order valence-electron chi connectivity index (χ4n) is 6.72. The van der Waals surface area contributed by atoms with Crippen LogP contribution in [0.5, 0.6) is 5.75 Å². The van der Waals surface area contributed by atoms with Gasteiger partial charge in [0.15, 0.2) is 0 Å². The van der Waals surface area contributed by atoms with E-state index in [2.05, 4.69) is 101 Å². The van der Waals surface area contributed by atoms with Crippen LogP contribution in [0.1, 0.15) is 16.7 Å². The van der Waals surface area contributed by atoms with Crippen LogP contribution in [-0.4, -0.2) is 26.9 Å². The zero-order valence-corrected chi connectivity index (χ0v) is 26.7. The van der Waals surface area contributed by atoms with Crippen LogP contribution in [0, 0.1) is 5.82 Å². The van der Waals surface area contributed by atoms with Crippen molar-refractivity contribution in [2.45, 2.75) is 5.54 Å². The minimum Gasteiger partial charge on any atom is -0.497 e. The lowest BCUT2D eigenvalue weighted by Gasteiger charge is -2.36. The van der Waals surface area contributed by atoms with E-state index in [0.717, 1.165) is 67.0 Å². The van der Waals surface area contributed by atoms with Crippen molar-refractivity contribution in [2.24, 2.45) is 0 Å². The molecule has 2 aromatic heterocycles. The maximum atomic E-state index is 14.3. The van der Waals surface area contributed by atoms with Crippen molar-refractivity contribution in [1.29, 1.82) is 0 Å². The Morgan fingerprint density at radius 2 is 1.10 bits per heavy atom. The number of nitrogens with zero attached hydrogens (tertiary/aromatic N) is 4. The molecule has 0 aliphatic carbocycles. The third-order valence-corrected chi connectivity index (χ3v) is 9.06. The third-order valence-electron chi connectivity index (χ3n) is 9.06. The van der Waals surface area contributed by atoms with E-state index in [1.807, 2.05) is 48.5 Å². The Balaban J connectivity index is 1.42. The summed E-state index contributed by atoms with van der Waals surface area (Å²) in [5, 5.41) is 6.32. The Morgan fingerprint density at radius 1 is 0.571 bits per heavy atom. The SMILES string of the molecule is COc1ccc(-c2ncnc3ccc(-c4cn(C(c5ccccc5)(c5ccccc5)c5ccccc5)nc4-c4ccc(F)cc4)cc23)cc1. The number of rotatable bonds is 8. The first kappa shape index (κ1) is 30.0. The monoisotopic (exact) mass is 638 g/mol. The van der Waals surface area contributed by atoms with Gasteiger partial charge >= 0.3 is 0 Å². The predicted octanol–water partition coefficient (Wildman–Crippen LogP) is 9.82. The Bertz CT molecular complexity index is 2260. The molecule has 6 heteroatoms. The van der Waals surface area contributed by atoms with Gasteiger partial charge in [0.25, 0.3) is 0 Å². The van der Waals surface area contributed by atoms with Crippen LogP contribution in [-0.2, 0) is 5.54 Å². The van der Waals surface area contributed by atoms with Crippen LogP contribution in [0.3, 0.4) is 0 Å². The Morgan fingerprint density at radius 3 is 1.67 bits per heavy atom. The topological polar surface area (TPSA) is 52.8 Å². The Hall–Kier alpha value is -6.40. The van der Waals surface area contributed by atoms with Crippen molar-refractivity contribution >= 4 is 10.9 Å². The molecule has 8 aromatic rings. The van der Waals surface area contributed by atoms with Gasteiger partial charge < -0.3 is 4.74 Å². The van der Waals surface area contributed by atoms with E-state index >= 15 is 0 Å².